The molecule has 3 aromatic carbocycles. The topological polar surface area (TPSA) is 8.17 Å². The van der Waals surface area contributed by atoms with Crippen LogP contribution in [0, 0.1) is 0 Å². The summed E-state index contributed by atoms with van der Waals surface area (Å²) in [6, 6.07) is 24.6. The largest absolute Gasteiger partial charge is 0.344 e. The fourth-order valence-corrected chi connectivity index (χ4v) is 4.88. The van der Waals surface area contributed by atoms with Crippen LogP contribution in [-0.4, -0.2) is 10.6 Å². The third-order valence-electron chi connectivity index (χ3n) is 6.12. The van der Waals surface area contributed by atoms with Crippen LogP contribution in [0.15, 0.2) is 91.0 Å². The van der Waals surface area contributed by atoms with Crippen molar-refractivity contribution in [1.82, 2.24) is 4.57 Å². The number of fused-ring (bicyclic) bond motifs is 6. The normalized spacial score (nSPS) is 20.4. The van der Waals surface area contributed by atoms with Crippen molar-refractivity contribution in [2.75, 3.05) is 4.90 Å². The highest BCUT2D eigenvalue weighted by atomic mass is 15.2. The van der Waals surface area contributed by atoms with E-state index in [-0.39, 0.29) is 0 Å². The Balaban J connectivity index is 1.68. The van der Waals surface area contributed by atoms with E-state index >= 15 is 0 Å². The lowest BCUT2D eigenvalue weighted by Crippen LogP contribution is -2.28. The van der Waals surface area contributed by atoms with Crippen LogP contribution in [0.3, 0.4) is 0 Å². The molecule has 0 radical (unpaired) electrons. The summed E-state index contributed by atoms with van der Waals surface area (Å²) < 4.78 is 2.32. The molecule has 4 aromatic rings. The molecule has 0 bridgehead atoms. The Morgan fingerprint density at radius 3 is 2.41 bits per heavy atom. The minimum atomic E-state index is 0.343. The van der Waals surface area contributed by atoms with Gasteiger partial charge in [0.1, 0.15) is 0 Å². The lowest BCUT2D eigenvalue weighted by molar-refractivity contribution is 0.745. The van der Waals surface area contributed by atoms with Crippen LogP contribution in [0.5, 0.6) is 0 Å². The van der Waals surface area contributed by atoms with Crippen molar-refractivity contribution < 1.29 is 0 Å². The second kappa shape index (κ2) is 5.37. The number of anilines is 2. The second-order valence-corrected chi connectivity index (χ2v) is 7.50. The van der Waals surface area contributed by atoms with E-state index in [0.29, 0.717) is 12.0 Å². The molecule has 2 nitrogen and oxygen atoms in total. The summed E-state index contributed by atoms with van der Waals surface area (Å²) in [6.45, 7) is 0. The van der Waals surface area contributed by atoms with E-state index in [4.69, 9.17) is 0 Å². The summed E-state index contributed by atoms with van der Waals surface area (Å²) >= 11 is 0. The molecule has 0 N–H and O–H groups in total. The highest BCUT2D eigenvalue weighted by Gasteiger charge is 2.37. The third-order valence-corrected chi connectivity index (χ3v) is 6.12. The molecule has 6 rings (SSSR count). The van der Waals surface area contributed by atoms with Crippen molar-refractivity contribution in [3.05, 3.63) is 96.6 Å². The molecule has 2 aliphatic rings. The van der Waals surface area contributed by atoms with Gasteiger partial charge in [0.25, 0.3) is 0 Å². The van der Waals surface area contributed by atoms with Gasteiger partial charge in [0.05, 0.1) is 11.6 Å². The van der Waals surface area contributed by atoms with Crippen LogP contribution < -0.4 is 4.90 Å². The lowest BCUT2D eigenvalue weighted by atomic mass is 9.90. The molecule has 27 heavy (non-hydrogen) atoms. The van der Waals surface area contributed by atoms with Gasteiger partial charge in [0, 0.05) is 40.6 Å². The van der Waals surface area contributed by atoms with Crippen molar-refractivity contribution in [3.63, 3.8) is 0 Å². The zero-order valence-corrected chi connectivity index (χ0v) is 15.2. The van der Waals surface area contributed by atoms with E-state index in [2.05, 4.69) is 108 Å². The van der Waals surface area contributed by atoms with E-state index in [1.165, 1.54) is 38.7 Å². The van der Waals surface area contributed by atoms with Crippen LogP contribution >= 0.6 is 0 Å². The first-order valence-corrected chi connectivity index (χ1v) is 9.53. The van der Waals surface area contributed by atoms with E-state index in [9.17, 15) is 0 Å². The average Bonchev–Trinajstić information content (AvgIpc) is 3.20. The van der Waals surface area contributed by atoms with Gasteiger partial charge in [0.2, 0.25) is 0 Å². The van der Waals surface area contributed by atoms with Gasteiger partial charge in [-0.2, -0.15) is 0 Å². The van der Waals surface area contributed by atoms with Gasteiger partial charge in [-0.05, 0) is 35.9 Å². The molecule has 0 saturated heterocycles. The molecule has 0 saturated carbocycles. The average molecular weight is 348 g/mol. The maximum absolute atomic E-state index is 2.50. The molecule has 0 amide bonds. The summed E-state index contributed by atoms with van der Waals surface area (Å²) in [5.41, 5.74) is 6.59. The Hall–Kier alpha value is -3.26. The van der Waals surface area contributed by atoms with E-state index in [1.54, 1.807) is 0 Å². The van der Waals surface area contributed by atoms with Crippen molar-refractivity contribution >= 4 is 33.2 Å². The molecule has 0 spiro atoms. The first kappa shape index (κ1) is 14.9. The second-order valence-electron chi connectivity index (χ2n) is 7.50. The SMILES string of the molecule is Cn1c2ccccc2c2cc3c(cc21)N(c1ccccc1)C1C=CC=CC31. The highest BCUT2D eigenvalue weighted by Crippen LogP contribution is 2.49. The van der Waals surface area contributed by atoms with Crippen molar-refractivity contribution in [2.24, 2.45) is 7.05 Å². The number of hydrogen-bond donors (Lipinski definition) is 0. The minimum Gasteiger partial charge on any atom is -0.344 e. The zero-order valence-electron chi connectivity index (χ0n) is 15.2. The monoisotopic (exact) mass is 348 g/mol. The predicted molar refractivity (Wildman–Crippen MR) is 114 cm³/mol. The fraction of sp³-hybridized carbons (Fsp3) is 0.120. The molecule has 130 valence electrons. The van der Waals surface area contributed by atoms with Gasteiger partial charge in [-0.3, -0.25) is 0 Å². The standard InChI is InChI=1S/C25H20N2/c1-26-22-13-7-5-11-18(22)20-15-21-19-12-6-8-14-23(19)27(25(21)16-24(20)26)17-9-3-2-4-10-17/h2-16,19,23H,1H3. The Labute approximate surface area is 158 Å². The number of aryl methyl sites for hydroxylation is 1. The van der Waals surface area contributed by atoms with Gasteiger partial charge >= 0.3 is 0 Å². The van der Waals surface area contributed by atoms with Crippen LogP contribution in [-0.2, 0) is 7.05 Å². The molecule has 0 fully saturated rings. The Morgan fingerprint density at radius 1 is 0.741 bits per heavy atom. The number of benzene rings is 3. The predicted octanol–water partition coefficient (Wildman–Crippen LogP) is 6.06. The summed E-state index contributed by atoms with van der Waals surface area (Å²) in [6.07, 6.45) is 9.05. The third kappa shape index (κ3) is 1.95. The van der Waals surface area contributed by atoms with Crippen LogP contribution in [0.25, 0.3) is 21.8 Å². The van der Waals surface area contributed by atoms with E-state index in [0.717, 1.165) is 0 Å². The lowest BCUT2D eigenvalue weighted by Gasteiger charge is -2.28. The molecule has 2 atom stereocenters. The molecule has 2 heterocycles. The number of aromatic nitrogens is 1. The Morgan fingerprint density at radius 2 is 1.52 bits per heavy atom. The maximum Gasteiger partial charge on any atom is 0.0629 e. The van der Waals surface area contributed by atoms with Gasteiger partial charge < -0.3 is 9.47 Å². The Kier molecular flexibility index (Phi) is 2.96. The van der Waals surface area contributed by atoms with Crippen molar-refractivity contribution in [3.8, 4) is 0 Å². The molecule has 1 aromatic heterocycles. The molecular formula is C25H20N2. The van der Waals surface area contributed by atoms with Gasteiger partial charge in [-0.25, -0.2) is 0 Å². The minimum absolute atomic E-state index is 0.343. The molecule has 2 unspecified atom stereocenters. The summed E-state index contributed by atoms with van der Waals surface area (Å²) in [7, 11) is 2.17. The van der Waals surface area contributed by atoms with E-state index < -0.39 is 0 Å². The smallest absolute Gasteiger partial charge is 0.0629 e. The highest BCUT2D eigenvalue weighted by molar-refractivity contribution is 6.09. The van der Waals surface area contributed by atoms with Gasteiger partial charge in [-0.1, -0.05) is 60.7 Å². The Bertz CT molecular complexity index is 1240. The van der Waals surface area contributed by atoms with E-state index in [1.807, 2.05) is 0 Å². The van der Waals surface area contributed by atoms with Gasteiger partial charge in [-0.15, -0.1) is 0 Å². The first-order chi connectivity index (χ1) is 13.3. The summed E-state index contributed by atoms with van der Waals surface area (Å²) in [5, 5.41) is 2.69. The number of para-hydroxylation sites is 2. The quantitative estimate of drug-likeness (QED) is 0.406. The molecule has 1 aliphatic carbocycles. The summed E-state index contributed by atoms with van der Waals surface area (Å²) in [5.74, 6) is 0.397. The number of nitrogens with zero attached hydrogens (tertiary/aromatic N) is 2. The van der Waals surface area contributed by atoms with Crippen LogP contribution in [0.1, 0.15) is 11.5 Å². The number of hydrogen-bond acceptors (Lipinski definition) is 1. The number of allylic oxidation sites excluding steroid dienone is 2. The van der Waals surface area contributed by atoms with Crippen molar-refractivity contribution in [1.29, 1.82) is 0 Å². The summed E-state index contributed by atoms with van der Waals surface area (Å²) in [4.78, 5) is 2.50. The molecular weight excluding hydrogens is 328 g/mol. The fourth-order valence-electron chi connectivity index (χ4n) is 4.88. The first-order valence-electron chi connectivity index (χ1n) is 9.53. The molecule has 2 heteroatoms. The molecule has 1 aliphatic heterocycles. The maximum atomic E-state index is 2.50. The van der Waals surface area contributed by atoms with Gasteiger partial charge in [0.15, 0.2) is 0 Å². The van der Waals surface area contributed by atoms with Crippen molar-refractivity contribution in [2.45, 2.75) is 12.0 Å². The van der Waals surface area contributed by atoms with Crippen LogP contribution in [0.2, 0.25) is 0 Å². The zero-order chi connectivity index (χ0) is 18.0. The number of rotatable bonds is 1. The van der Waals surface area contributed by atoms with Crippen LogP contribution in [0.4, 0.5) is 11.4 Å².